The van der Waals surface area contributed by atoms with Gasteiger partial charge in [0.05, 0.1) is 18.6 Å². The van der Waals surface area contributed by atoms with E-state index in [-0.39, 0.29) is 11.9 Å². The molecule has 0 aromatic rings. The zero-order valence-corrected chi connectivity index (χ0v) is 10.5. The number of hydrogen-bond donors (Lipinski definition) is 0. The summed E-state index contributed by atoms with van der Waals surface area (Å²) < 4.78 is 5.76. The second-order valence-corrected chi connectivity index (χ2v) is 5.44. The molecule has 5 nitrogen and oxygen atoms in total. The Kier molecular flexibility index (Phi) is 2.32. The van der Waals surface area contributed by atoms with Crippen molar-refractivity contribution in [2.45, 2.75) is 38.0 Å². The minimum absolute atomic E-state index is 0.106. The quantitative estimate of drug-likeness (QED) is 0.622. The Morgan fingerprint density at radius 3 is 3.06 bits per heavy atom. The van der Waals surface area contributed by atoms with E-state index in [0.29, 0.717) is 6.54 Å². The summed E-state index contributed by atoms with van der Waals surface area (Å²) >= 11 is 0. The van der Waals surface area contributed by atoms with Crippen molar-refractivity contribution in [2.24, 2.45) is 11.8 Å². The van der Waals surface area contributed by atoms with E-state index in [1.165, 1.54) is 0 Å². The highest BCUT2D eigenvalue weighted by molar-refractivity contribution is 5.90. The smallest absolute Gasteiger partial charge is 0.230 e. The fourth-order valence-electron chi connectivity index (χ4n) is 3.39. The van der Waals surface area contributed by atoms with Gasteiger partial charge in [0, 0.05) is 17.9 Å². The zero-order chi connectivity index (χ0) is 13.1. The second-order valence-electron chi connectivity index (χ2n) is 5.44. The lowest BCUT2D eigenvalue weighted by Crippen LogP contribution is -2.45. The molecule has 2 saturated heterocycles. The van der Waals surface area contributed by atoms with Crippen molar-refractivity contribution in [3.05, 3.63) is 12.2 Å². The highest BCUT2D eigenvalue weighted by Crippen LogP contribution is 2.52. The van der Waals surface area contributed by atoms with Gasteiger partial charge >= 0.3 is 0 Å². The highest BCUT2D eigenvalue weighted by Gasteiger charge is 2.65. The molecule has 0 aromatic carbocycles. The lowest BCUT2D eigenvalue weighted by Gasteiger charge is -2.26. The first-order valence-corrected chi connectivity index (χ1v) is 6.38. The van der Waals surface area contributed by atoms with E-state index in [1.807, 2.05) is 19.9 Å². The Labute approximate surface area is 105 Å². The van der Waals surface area contributed by atoms with Gasteiger partial charge in [0.15, 0.2) is 0 Å². The molecule has 3 aliphatic rings. The average molecular weight is 250 g/mol. The van der Waals surface area contributed by atoms with Gasteiger partial charge in [0.25, 0.3) is 0 Å². The van der Waals surface area contributed by atoms with Crippen molar-refractivity contribution in [1.82, 2.24) is 4.90 Å². The maximum Gasteiger partial charge on any atom is 0.230 e. The van der Waals surface area contributed by atoms with Gasteiger partial charge in [-0.05, 0) is 13.3 Å². The Hall–Kier alpha value is -1.36. The lowest BCUT2D eigenvalue weighted by atomic mass is 9.77. The predicted molar refractivity (Wildman–Crippen MR) is 60.2 cm³/mol. The highest BCUT2D eigenvalue weighted by atomic mass is 16.5. The van der Waals surface area contributed by atoms with E-state index in [1.54, 1.807) is 11.0 Å². The number of ether oxygens (including phenoxy) is 1. The van der Waals surface area contributed by atoms with Crippen LogP contribution in [0.3, 0.4) is 0 Å². The van der Waals surface area contributed by atoms with E-state index in [9.17, 15) is 14.7 Å². The number of carbonyl (C=O) groups excluding carboxylic acids is 2. The van der Waals surface area contributed by atoms with Gasteiger partial charge in [0.1, 0.15) is 5.60 Å². The van der Waals surface area contributed by atoms with Crippen LogP contribution in [0.2, 0.25) is 0 Å². The Bertz CT molecular complexity index is 446. The molecule has 0 N–H and O–H groups in total. The number of fused-ring (bicyclic) bond motifs is 1. The van der Waals surface area contributed by atoms with Gasteiger partial charge in [-0.25, -0.2) is 0 Å². The van der Waals surface area contributed by atoms with E-state index in [4.69, 9.17) is 4.74 Å². The number of amides is 1. The Morgan fingerprint density at radius 1 is 1.72 bits per heavy atom. The fourth-order valence-corrected chi connectivity index (χ4v) is 3.39. The van der Waals surface area contributed by atoms with Crippen molar-refractivity contribution in [2.75, 3.05) is 6.54 Å². The standard InChI is InChI=1S/C13H17NO4/c1-3-7(2)14-6-13-5-4-8(18-13)9(12(16)17)10(13)11(14)15/h4-5,7-10H,3,6H2,1-2H3,(H,16,17)/p-1/t7-,8+,9+,10-,13+/m1/s1. The summed E-state index contributed by atoms with van der Waals surface area (Å²) in [5, 5.41) is 11.2. The SMILES string of the molecule is CC[C@@H](C)N1C[C@]23C=C[C@H](O2)[C@H](C(=O)[O-])[C@@H]3C1=O. The van der Waals surface area contributed by atoms with Crippen LogP contribution in [-0.2, 0) is 14.3 Å². The molecule has 0 aliphatic carbocycles. The summed E-state index contributed by atoms with van der Waals surface area (Å²) in [4.78, 5) is 25.4. The Balaban J connectivity index is 1.97. The van der Waals surface area contributed by atoms with Crippen LogP contribution in [0, 0.1) is 11.8 Å². The van der Waals surface area contributed by atoms with Crippen LogP contribution in [0.4, 0.5) is 0 Å². The lowest BCUT2D eigenvalue weighted by molar-refractivity contribution is -0.313. The minimum atomic E-state index is -1.18. The number of likely N-dealkylation sites (tertiary alicyclic amines) is 1. The van der Waals surface area contributed by atoms with Gasteiger partial charge in [-0.3, -0.25) is 4.79 Å². The molecule has 0 radical (unpaired) electrons. The molecule has 0 saturated carbocycles. The number of aliphatic carboxylic acids is 1. The number of rotatable bonds is 3. The van der Waals surface area contributed by atoms with Gasteiger partial charge in [-0.1, -0.05) is 19.1 Å². The first kappa shape index (κ1) is 11.7. The van der Waals surface area contributed by atoms with Crippen molar-refractivity contribution in [1.29, 1.82) is 0 Å². The summed E-state index contributed by atoms with van der Waals surface area (Å²) in [6.45, 7) is 4.44. The Morgan fingerprint density at radius 2 is 2.44 bits per heavy atom. The molecule has 1 spiro atoms. The van der Waals surface area contributed by atoms with Crippen LogP contribution < -0.4 is 5.11 Å². The van der Waals surface area contributed by atoms with Gasteiger partial charge in [0.2, 0.25) is 5.91 Å². The number of carboxylic acids is 1. The van der Waals surface area contributed by atoms with Crippen molar-refractivity contribution >= 4 is 11.9 Å². The second kappa shape index (κ2) is 3.57. The topological polar surface area (TPSA) is 69.7 Å². The molecule has 2 fully saturated rings. The molecule has 5 heteroatoms. The molecule has 98 valence electrons. The van der Waals surface area contributed by atoms with Crippen LogP contribution in [0.5, 0.6) is 0 Å². The van der Waals surface area contributed by atoms with E-state index in [2.05, 4.69) is 0 Å². The third-order valence-electron chi connectivity index (χ3n) is 4.52. The third kappa shape index (κ3) is 1.25. The monoisotopic (exact) mass is 250 g/mol. The largest absolute Gasteiger partial charge is 0.550 e. The molecule has 18 heavy (non-hydrogen) atoms. The molecule has 1 amide bonds. The molecule has 3 aliphatic heterocycles. The summed E-state index contributed by atoms with van der Waals surface area (Å²) in [6.07, 6.45) is 3.97. The van der Waals surface area contributed by atoms with Crippen molar-refractivity contribution in [3.63, 3.8) is 0 Å². The zero-order valence-electron chi connectivity index (χ0n) is 10.5. The molecular formula is C13H16NO4-. The van der Waals surface area contributed by atoms with E-state index >= 15 is 0 Å². The molecule has 3 heterocycles. The molecule has 5 atom stereocenters. The van der Waals surface area contributed by atoms with E-state index < -0.39 is 29.5 Å². The maximum absolute atomic E-state index is 12.4. The average Bonchev–Trinajstić information content (AvgIpc) is 2.96. The van der Waals surface area contributed by atoms with Gasteiger partial charge < -0.3 is 19.5 Å². The van der Waals surface area contributed by atoms with Crippen LogP contribution in [0.15, 0.2) is 12.2 Å². The fraction of sp³-hybridized carbons (Fsp3) is 0.692. The van der Waals surface area contributed by atoms with Gasteiger partial charge in [-0.15, -0.1) is 0 Å². The summed E-state index contributed by atoms with van der Waals surface area (Å²) in [6, 6.07) is 0.107. The van der Waals surface area contributed by atoms with Gasteiger partial charge in [-0.2, -0.15) is 0 Å². The van der Waals surface area contributed by atoms with Crippen molar-refractivity contribution in [3.8, 4) is 0 Å². The predicted octanol–water partition coefficient (Wildman–Crippen LogP) is -0.683. The maximum atomic E-state index is 12.4. The molecule has 0 unspecified atom stereocenters. The molecular weight excluding hydrogens is 234 g/mol. The first-order valence-electron chi connectivity index (χ1n) is 6.38. The van der Waals surface area contributed by atoms with Crippen LogP contribution in [0.1, 0.15) is 20.3 Å². The normalized spacial score (nSPS) is 42.4. The summed E-state index contributed by atoms with van der Waals surface area (Å²) in [5.74, 6) is -2.73. The molecule has 0 aromatic heterocycles. The number of carboxylic acid groups (broad SMARTS) is 1. The number of carbonyl (C=O) groups is 2. The number of nitrogens with zero attached hydrogens (tertiary/aromatic N) is 1. The minimum Gasteiger partial charge on any atom is -0.550 e. The summed E-state index contributed by atoms with van der Waals surface area (Å²) in [5.41, 5.74) is -0.726. The van der Waals surface area contributed by atoms with Crippen LogP contribution in [-0.4, -0.2) is 41.1 Å². The van der Waals surface area contributed by atoms with Crippen molar-refractivity contribution < 1.29 is 19.4 Å². The van der Waals surface area contributed by atoms with Crippen LogP contribution >= 0.6 is 0 Å². The first-order chi connectivity index (χ1) is 8.50. The molecule has 2 bridgehead atoms. The third-order valence-corrected chi connectivity index (χ3v) is 4.52. The summed E-state index contributed by atoms with van der Waals surface area (Å²) in [7, 11) is 0. The molecule has 3 rings (SSSR count). The van der Waals surface area contributed by atoms with Crippen LogP contribution in [0.25, 0.3) is 0 Å². The number of hydrogen-bond acceptors (Lipinski definition) is 4. The van der Waals surface area contributed by atoms with E-state index in [0.717, 1.165) is 6.42 Å².